The summed E-state index contributed by atoms with van der Waals surface area (Å²) in [5.74, 6) is 0.695. The van der Waals surface area contributed by atoms with E-state index in [0.29, 0.717) is 17.8 Å². The summed E-state index contributed by atoms with van der Waals surface area (Å²) >= 11 is 0. The lowest BCUT2D eigenvalue weighted by molar-refractivity contribution is -0.385. The highest BCUT2D eigenvalue weighted by atomic mass is 16.6. The maximum absolute atomic E-state index is 13.1. The van der Waals surface area contributed by atoms with Crippen molar-refractivity contribution >= 4 is 23.5 Å². The first-order chi connectivity index (χ1) is 16.1. The topological polar surface area (TPSA) is 128 Å². The van der Waals surface area contributed by atoms with Gasteiger partial charge in [0.15, 0.2) is 0 Å². The van der Waals surface area contributed by atoms with E-state index < -0.39 is 22.8 Å². The predicted molar refractivity (Wildman–Crippen MR) is 123 cm³/mol. The van der Waals surface area contributed by atoms with Gasteiger partial charge in [0.05, 0.1) is 35.6 Å². The van der Waals surface area contributed by atoms with Gasteiger partial charge in [0.1, 0.15) is 0 Å². The Morgan fingerprint density at radius 3 is 2.24 bits per heavy atom. The number of nitro benzene ring substituents is 1. The average molecular weight is 472 g/mol. The van der Waals surface area contributed by atoms with E-state index in [1.54, 1.807) is 19.9 Å². The molecule has 2 amide bonds. The fraction of sp³-hybridized carbons (Fsp3) is 0.640. The van der Waals surface area contributed by atoms with E-state index in [9.17, 15) is 24.5 Å². The third-order valence-corrected chi connectivity index (χ3v) is 7.51. The van der Waals surface area contributed by atoms with Gasteiger partial charge < -0.3 is 15.4 Å². The lowest BCUT2D eigenvalue weighted by Crippen LogP contribution is -2.54. The number of esters is 1. The molecule has 4 aliphatic rings. The van der Waals surface area contributed by atoms with Gasteiger partial charge in [0.25, 0.3) is 5.69 Å². The van der Waals surface area contributed by atoms with E-state index in [1.165, 1.54) is 37.5 Å². The number of nitrogens with one attached hydrogen (secondary N) is 2. The molecular weight excluding hydrogens is 438 g/mol. The summed E-state index contributed by atoms with van der Waals surface area (Å²) < 4.78 is 5.19. The molecule has 9 heteroatoms. The summed E-state index contributed by atoms with van der Waals surface area (Å²) in [6, 6.07) is 5.04. The minimum atomic E-state index is -0.947. The van der Waals surface area contributed by atoms with Gasteiger partial charge in [0, 0.05) is 11.5 Å². The summed E-state index contributed by atoms with van der Waals surface area (Å²) in [4.78, 5) is 49.2. The normalized spacial score (nSPS) is 27.8. The van der Waals surface area contributed by atoms with Crippen LogP contribution in [-0.4, -0.2) is 35.4 Å². The van der Waals surface area contributed by atoms with Crippen molar-refractivity contribution in [3.8, 4) is 0 Å². The van der Waals surface area contributed by atoms with Gasteiger partial charge in [0.2, 0.25) is 11.8 Å². The molecular formula is C25H33N3O6. The summed E-state index contributed by atoms with van der Waals surface area (Å²) in [5, 5.41) is 17.0. The Hall–Kier alpha value is -2.97. The number of hydrogen-bond donors (Lipinski definition) is 2. The third-order valence-electron chi connectivity index (χ3n) is 7.51. The number of nitro groups is 1. The van der Waals surface area contributed by atoms with Gasteiger partial charge in [-0.1, -0.05) is 18.2 Å². The standard InChI is InChI=1S/C25H33N3O6/c1-15(2)34-23(30)10-20(19-5-3-4-6-21(19)28(32)33)27-22(29)14-26-24(31)25-11-16-7-17(12-25)9-18(8-16)13-25/h3-6,15-18,20H,7-14H2,1-2H3,(H,26,31)(H,27,29). The van der Waals surface area contributed by atoms with Crippen LogP contribution in [0.2, 0.25) is 0 Å². The highest BCUT2D eigenvalue weighted by molar-refractivity contribution is 5.88. The molecule has 0 saturated heterocycles. The molecule has 0 aromatic heterocycles. The van der Waals surface area contributed by atoms with Gasteiger partial charge in [-0.05, 0) is 70.1 Å². The number of carbonyl (C=O) groups excluding carboxylic acids is 3. The second-order valence-corrected chi connectivity index (χ2v) is 10.6. The van der Waals surface area contributed by atoms with E-state index in [0.717, 1.165) is 19.3 Å². The summed E-state index contributed by atoms with van der Waals surface area (Å²) in [7, 11) is 0. The van der Waals surface area contributed by atoms with Crippen molar-refractivity contribution in [2.45, 2.75) is 70.9 Å². The zero-order valence-electron chi connectivity index (χ0n) is 19.7. The molecule has 34 heavy (non-hydrogen) atoms. The van der Waals surface area contributed by atoms with Crippen LogP contribution < -0.4 is 10.6 Å². The molecule has 1 atom stereocenters. The van der Waals surface area contributed by atoms with Crippen molar-refractivity contribution in [3.05, 3.63) is 39.9 Å². The van der Waals surface area contributed by atoms with Crippen molar-refractivity contribution in [2.75, 3.05) is 6.54 Å². The Morgan fingerprint density at radius 2 is 1.68 bits per heavy atom. The van der Waals surface area contributed by atoms with E-state index in [2.05, 4.69) is 10.6 Å². The van der Waals surface area contributed by atoms with Crippen molar-refractivity contribution in [2.24, 2.45) is 23.2 Å². The Bertz CT molecular complexity index is 940. The van der Waals surface area contributed by atoms with Crippen LogP contribution in [-0.2, 0) is 19.1 Å². The first kappa shape index (κ1) is 24.2. The van der Waals surface area contributed by atoms with Gasteiger partial charge in [-0.3, -0.25) is 24.5 Å². The number of para-hydroxylation sites is 1. The fourth-order valence-electron chi connectivity index (χ4n) is 6.65. The number of rotatable bonds is 9. The molecule has 2 N–H and O–H groups in total. The summed E-state index contributed by atoms with van der Waals surface area (Å²) in [5.41, 5.74) is -0.343. The molecule has 0 heterocycles. The lowest BCUT2D eigenvalue weighted by atomic mass is 9.49. The van der Waals surface area contributed by atoms with Crippen molar-refractivity contribution in [1.29, 1.82) is 0 Å². The van der Waals surface area contributed by atoms with Crippen LogP contribution in [0, 0.1) is 33.3 Å². The molecule has 4 bridgehead atoms. The quantitative estimate of drug-likeness (QED) is 0.323. The van der Waals surface area contributed by atoms with Crippen molar-refractivity contribution in [1.82, 2.24) is 10.6 Å². The molecule has 5 rings (SSSR count). The number of carbonyl (C=O) groups is 3. The zero-order chi connectivity index (χ0) is 24.5. The Labute approximate surface area is 199 Å². The number of hydrogen-bond acceptors (Lipinski definition) is 6. The predicted octanol–water partition coefficient (Wildman–Crippen LogP) is 3.43. The lowest BCUT2D eigenvalue weighted by Gasteiger charge is -2.55. The monoisotopic (exact) mass is 471 g/mol. The summed E-state index contributed by atoms with van der Waals surface area (Å²) in [6.07, 6.45) is 5.74. The van der Waals surface area contributed by atoms with Gasteiger partial charge >= 0.3 is 5.97 Å². The van der Waals surface area contributed by atoms with Crippen LogP contribution in [0.5, 0.6) is 0 Å². The average Bonchev–Trinajstić information content (AvgIpc) is 2.75. The SMILES string of the molecule is CC(C)OC(=O)CC(NC(=O)CNC(=O)C12CC3CC(CC(C3)C1)C2)c1ccccc1[N+](=O)[O-]. The van der Waals surface area contributed by atoms with E-state index >= 15 is 0 Å². The van der Waals surface area contributed by atoms with Crippen molar-refractivity contribution < 1.29 is 24.0 Å². The molecule has 1 aromatic rings. The van der Waals surface area contributed by atoms with Crippen molar-refractivity contribution in [3.63, 3.8) is 0 Å². The first-order valence-electron chi connectivity index (χ1n) is 12.2. The zero-order valence-corrected chi connectivity index (χ0v) is 19.7. The second kappa shape index (κ2) is 9.72. The van der Waals surface area contributed by atoms with E-state index in [-0.39, 0.29) is 41.6 Å². The van der Waals surface area contributed by atoms with E-state index in [1.807, 2.05) is 0 Å². The molecule has 184 valence electrons. The molecule has 1 aromatic carbocycles. The number of ether oxygens (including phenoxy) is 1. The molecule has 1 unspecified atom stereocenters. The second-order valence-electron chi connectivity index (χ2n) is 10.6. The highest BCUT2D eigenvalue weighted by Gasteiger charge is 2.54. The maximum Gasteiger partial charge on any atom is 0.308 e. The Balaban J connectivity index is 1.42. The minimum absolute atomic E-state index is 0.0665. The molecule has 9 nitrogen and oxygen atoms in total. The largest absolute Gasteiger partial charge is 0.463 e. The number of amides is 2. The highest BCUT2D eigenvalue weighted by Crippen LogP contribution is 2.60. The molecule has 4 aliphatic carbocycles. The van der Waals surface area contributed by atoms with Crippen LogP contribution >= 0.6 is 0 Å². The van der Waals surface area contributed by atoms with Crippen LogP contribution in [0.1, 0.15) is 70.4 Å². The van der Waals surface area contributed by atoms with Gasteiger partial charge in [-0.2, -0.15) is 0 Å². The Morgan fingerprint density at radius 1 is 1.09 bits per heavy atom. The van der Waals surface area contributed by atoms with E-state index in [4.69, 9.17) is 4.74 Å². The third kappa shape index (κ3) is 5.23. The smallest absolute Gasteiger partial charge is 0.308 e. The molecule has 4 saturated carbocycles. The Kier molecular flexibility index (Phi) is 6.91. The van der Waals surface area contributed by atoms with Gasteiger partial charge in [-0.15, -0.1) is 0 Å². The molecule has 0 spiro atoms. The first-order valence-corrected chi connectivity index (χ1v) is 12.2. The summed E-state index contributed by atoms with van der Waals surface area (Å²) in [6.45, 7) is 3.17. The van der Waals surface area contributed by atoms with Crippen LogP contribution in [0.15, 0.2) is 24.3 Å². The molecule has 0 radical (unpaired) electrons. The van der Waals surface area contributed by atoms with Gasteiger partial charge in [-0.25, -0.2) is 0 Å². The number of benzene rings is 1. The van der Waals surface area contributed by atoms with Crippen LogP contribution in [0.3, 0.4) is 0 Å². The fourth-order valence-corrected chi connectivity index (χ4v) is 6.65. The molecule has 0 aliphatic heterocycles. The van der Waals surface area contributed by atoms with Crippen LogP contribution in [0.25, 0.3) is 0 Å². The number of nitrogens with zero attached hydrogens (tertiary/aromatic N) is 1. The molecule has 4 fully saturated rings. The van der Waals surface area contributed by atoms with Crippen LogP contribution in [0.4, 0.5) is 5.69 Å². The maximum atomic E-state index is 13.1. The minimum Gasteiger partial charge on any atom is -0.463 e.